The zero-order valence-corrected chi connectivity index (χ0v) is 31.0. The average Bonchev–Trinajstić information content (AvgIpc) is 3.14. The van der Waals surface area contributed by atoms with E-state index in [0.29, 0.717) is 29.4 Å². The van der Waals surface area contributed by atoms with Gasteiger partial charge in [0.15, 0.2) is 28.8 Å². The van der Waals surface area contributed by atoms with Crippen LogP contribution < -0.4 is 38.5 Å². The van der Waals surface area contributed by atoms with Crippen LogP contribution in [0.1, 0.15) is 47.8 Å². The Balaban J connectivity index is 1.33. The second-order valence-electron chi connectivity index (χ2n) is 13.3. The van der Waals surface area contributed by atoms with E-state index in [1.165, 1.54) is 28.4 Å². The van der Waals surface area contributed by atoms with Crippen molar-refractivity contribution in [1.82, 2.24) is 5.32 Å². The van der Waals surface area contributed by atoms with Crippen molar-refractivity contribution in [2.45, 2.75) is 51.9 Å². The molecule has 0 aliphatic carbocycles. The summed E-state index contributed by atoms with van der Waals surface area (Å²) in [4.78, 5) is 40.5. The Labute approximate surface area is 309 Å². The van der Waals surface area contributed by atoms with Gasteiger partial charge >= 0.3 is 12.1 Å². The molecule has 1 N–H and O–H groups in total. The molecule has 0 fully saturated rings. The number of ketones is 1. The summed E-state index contributed by atoms with van der Waals surface area (Å²) >= 11 is 0. The molecule has 0 saturated heterocycles. The molecule has 0 saturated carbocycles. The molecule has 1 aliphatic heterocycles. The number of amides is 1. The minimum Gasteiger partial charge on any atom is -0.493 e. The number of ether oxygens (including phenoxy) is 8. The van der Waals surface area contributed by atoms with Gasteiger partial charge in [-0.2, -0.15) is 0 Å². The lowest BCUT2D eigenvalue weighted by molar-refractivity contribution is -0.136. The maximum absolute atomic E-state index is 13.8. The largest absolute Gasteiger partial charge is 0.493 e. The van der Waals surface area contributed by atoms with Crippen molar-refractivity contribution in [3.8, 4) is 40.2 Å². The van der Waals surface area contributed by atoms with E-state index in [4.69, 9.17) is 37.9 Å². The first-order valence-electron chi connectivity index (χ1n) is 17.1. The van der Waals surface area contributed by atoms with Gasteiger partial charge in [-0.25, -0.2) is 9.59 Å². The normalized spacial score (nSPS) is 14.2. The predicted octanol–water partition coefficient (Wildman–Crippen LogP) is 6.78. The molecule has 0 spiro atoms. The Kier molecular flexibility index (Phi) is 12.3. The molecule has 0 aromatic heterocycles. The van der Waals surface area contributed by atoms with Crippen molar-refractivity contribution < 1.29 is 52.3 Å². The fourth-order valence-corrected chi connectivity index (χ4v) is 5.84. The number of rotatable bonds is 14. The van der Waals surface area contributed by atoms with E-state index in [1.807, 2.05) is 42.5 Å². The van der Waals surface area contributed by atoms with Crippen molar-refractivity contribution in [1.29, 1.82) is 0 Å². The van der Waals surface area contributed by atoms with Crippen LogP contribution >= 0.6 is 0 Å². The highest BCUT2D eigenvalue weighted by molar-refractivity contribution is 6.05. The van der Waals surface area contributed by atoms with E-state index in [9.17, 15) is 14.4 Å². The van der Waals surface area contributed by atoms with Gasteiger partial charge in [0.2, 0.25) is 5.75 Å². The number of carbonyl (C=O) groups is 3. The monoisotopic (exact) mass is 727 g/mol. The molecule has 4 aromatic rings. The van der Waals surface area contributed by atoms with E-state index >= 15 is 0 Å². The summed E-state index contributed by atoms with van der Waals surface area (Å²) in [5.41, 5.74) is 1.92. The van der Waals surface area contributed by atoms with Crippen molar-refractivity contribution >= 4 is 17.8 Å². The smallest absolute Gasteiger partial charge is 0.408 e. The molecule has 280 valence electrons. The van der Waals surface area contributed by atoms with Gasteiger partial charge in [0.25, 0.3) is 0 Å². The van der Waals surface area contributed by atoms with Crippen LogP contribution in [-0.4, -0.2) is 64.5 Å². The van der Waals surface area contributed by atoms with E-state index in [-0.39, 0.29) is 53.8 Å². The highest BCUT2D eigenvalue weighted by Gasteiger charge is 2.36. The molecule has 1 aliphatic rings. The molecule has 5 rings (SSSR count). The van der Waals surface area contributed by atoms with Gasteiger partial charge in [-0.3, -0.25) is 4.79 Å². The fourth-order valence-electron chi connectivity index (χ4n) is 5.84. The Morgan fingerprint density at radius 2 is 1.47 bits per heavy atom. The number of fused-ring (bicyclic) bond motifs is 1. The summed E-state index contributed by atoms with van der Waals surface area (Å²) in [5, 5.41) is 2.66. The third kappa shape index (κ3) is 9.70. The maximum atomic E-state index is 13.8. The Morgan fingerprint density at radius 3 is 2.11 bits per heavy atom. The first-order chi connectivity index (χ1) is 25.4. The molecule has 4 aromatic carbocycles. The van der Waals surface area contributed by atoms with Crippen LogP contribution in [0.3, 0.4) is 0 Å². The summed E-state index contributed by atoms with van der Waals surface area (Å²) in [7, 11) is 5.85. The standard InChI is InChI=1S/C41H45NO11/c1-41(2,3)53-40(45)42-30(20-25-13-16-29(17-14-25)50-23-26-11-9-8-10-12-26)39(44)52-32-21-27(15-18-31(32)46-4)19-28-24-51-33-22-34(47-5)37(48-6)38(49-7)35(33)36(28)43/h8-18,21-22,28,30H,19-20,23-24H2,1-7H3,(H,42,45)/t28?,30-/m0/s1. The molecular formula is C41H45NO11. The third-order valence-electron chi connectivity index (χ3n) is 8.36. The first kappa shape index (κ1) is 38.3. The summed E-state index contributed by atoms with van der Waals surface area (Å²) in [6, 6.07) is 22.6. The van der Waals surface area contributed by atoms with Gasteiger partial charge in [-0.05, 0) is 68.1 Å². The molecule has 53 heavy (non-hydrogen) atoms. The SMILES string of the molecule is COc1ccc(CC2COc3cc(OC)c(OC)c(OC)c3C2=O)cc1OC(=O)[C@H](Cc1ccc(OCc2ccccc2)cc1)NC(=O)OC(C)(C)C. The van der Waals surface area contributed by atoms with Crippen molar-refractivity contribution in [3.63, 3.8) is 0 Å². The summed E-state index contributed by atoms with van der Waals surface area (Å²) in [6.07, 6.45) is -0.422. The predicted molar refractivity (Wildman–Crippen MR) is 196 cm³/mol. The zero-order chi connectivity index (χ0) is 38.1. The second kappa shape index (κ2) is 17.1. The number of alkyl carbamates (subject to hydrolysis) is 1. The van der Waals surface area contributed by atoms with Crippen LogP contribution in [-0.2, 0) is 29.0 Å². The van der Waals surface area contributed by atoms with Crippen LogP contribution in [0.5, 0.6) is 40.2 Å². The topological polar surface area (TPSA) is 137 Å². The van der Waals surface area contributed by atoms with Crippen LogP contribution in [0.25, 0.3) is 0 Å². The number of carbonyl (C=O) groups excluding carboxylic acids is 3. The fraction of sp³-hybridized carbons (Fsp3) is 0.341. The Hall–Kier alpha value is -5.91. The van der Waals surface area contributed by atoms with Crippen LogP contribution in [0.2, 0.25) is 0 Å². The molecule has 1 heterocycles. The van der Waals surface area contributed by atoms with Gasteiger partial charge in [-0.15, -0.1) is 0 Å². The van der Waals surface area contributed by atoms with E-state index in [0.717, 1.165) is 11.1 Å². The lowest BCUT2D eigenvalue weighted by atomic mass is 9.88. The second-order valence-corrected chi connectivity index (χ2v) is 13.3. The Bertz CT molecular complexity index is 1900. The molecular weight excluding hydrogens is 682 g/mol. The summed E-state index contributed by atoms with van der Waals surface area (Å²) < 4.78 is 45.2. The molecule has 12 heteroatoms. The minimum absolute atomic E-state index is 0.0997. The van der Waals surface area contributed by atoms with Crippen LogP contribution in [0.15, 0.2) is 78.9 Å². The summed E-state index contributed by atoms with van der Waals surface area (Å²) in [5.74, 6) is 0.740. The molecule has 0 bridgehead atoms. The quantitative estimate of drug-likeness (QED) is 0.109. The minimum atomic E-state index is -1.13. The van der Waals surface area contributed by atoms with Gasteiger partial charge in [0.05, 0.1) is 41.0 Å². The molecule has 0 radical (unpaired) electrons. The zero-order valence-electron chi connectivity index (χ0n) is 31.0. The first-order valence-corrected chi connectivity index (χ1v) is 17.1. The van der Waals surface area contributed by atoms with Crippen LogP contribution in [0, 0.1) is 5.92 Å². The van der Waals surface area contributed by atoms with Gasteiger partial charge in [0.1, 0.15) is 35.3 Å². The highest BCUT2D eigenvalue weighted by atomic mass is 16.6. The number of methoxy groups -OCH3 is 4. The number of benzene rings is 4. The molecule has 1 unspecified atom stereocenters. The lowest BCUT2D eigenvalue weighted by Crippen LogP contribution is -2.46. The number of nitrogens with one attached hydrogen (secondary N) is 1. The number of esters is 1. The summed E-state index contributed by atoms with van der Waals surface area (Å²) in [6.45, 7) is 5.70. The molecule has 1 amide bonds. The maximum Gasteiger partial charge on any atom is 0.408 e. The van der Waals surface area contributed by atoms with Gasteiger partial charge < -0.3 is 43.2 Å². The molecule has 2 atom stereocenters. The average molecular weight is 728 g/mol. The van der Waals surface area contributed by atoms with E-state index < -0.39 is 29.6 Å². The number of hydrogen-bond acceptors (Lipinski definition) is 11. The lowest BCUT2D eigenvalue weighted by Gasteiger charge is -2.27. The van der Waals surface area contributed by atoms with E-state index in [1.54, 1.807) is 57.2 Å². The Morgan fingerprint density at radius 1 is 0.792 bits per heavy atom. The van der Waals surface area contributed by atoms with E-state index in [2.05, 4.69) is 5.32 Å². The number of hydrogen-bond donors (Lipinski definition) is 1. The van der Waals surface area contributed by atoms with Crippen molar-refractivity contribution in [2.75, 3.05) is 35.0 Å². The van der Waals surface area contributed by atoms with Crippen molar-refractivity contribution in [2.24, 2.45) is 5.92 Å². The molecule has 12 nitrogen and oxygen atoms in total. The van der Waals surface area contributed by atoms with Gasteiger partial charge in [-0.1, -0.05) is 48.5 Å². The van der Waals surface area contributed by atoms with Crippen LogP contribution in [0.4, 0.5) is 4.79 Å². The third-order valence-corrected chi connectivity index (χ3v) is 8.36. The van der Waals surface area contributed by atoms with Gasteiger partial charge in [0, 0.05) is 12.5 Å². The van der Waals surface area contributed by atoms with Crippen molar-refractivity contribution in [3.05, 3.63) is 101 Å². The highest BCUT2D eigenvalue weighted by Crippen LogP contribution is 2.47. The number of Topliss-reactive ketones (excluding diaryl/α,β-unsaturated/α-hetero) is 1.